The number of benzene rings is 4. The van der Waals surface area contributed by atoms with Crippen molar-refractivity contribution in [3.05, 3.63) is 167 Å². The number of carbonyl (C=O) groups excluding carboxylic acids is 2. The van der Waals surface area contributed by atoms with Crippen molar-refractivity contribution in [2.24, 2.45) is 9.98 Å². The number of hydrogen-bond donors (Lipinski definition) is 1. The number of imide groups is 1. The molecule has 60 heavy (non-hydrogen) atoms. The maximum Gasteiger partial charge on any atom is 0.258 e. The van der Waals surface area contributed by atoms with Crippen LogP contribution in [0.1, 0.15) is 83.1 Å². The molecule has 0 fully saturated rings. The van der Waals surface area contributed by atoms with E-state index >= 15 is 0 Å². The van der Waals surface area contributed by atoms with Crippen LogP contribution in [0.2, 0.25) is 0 Å². The fraction of sp³-hybridized carbons (Fsp3) is 0.255. The van der Waals surface area contributed by atoms with E-state index in [0.717, 1.165) is 109 Å². The summed E-state index contributed by atoms with van der Waals surface area (Å²) in [5.41, 5.74) is 11.6. The maximum atomic E-state index is 11.9. The topological polar surface area (TPSA) is 110 Å². The van der Waals surface area contributed by atoms with Gasteiger partial charge >= 0.3 is 0 Å². The second-order valence-corrected chi connectivity index (χ2v) is 16.2. The second-order valence-electron chi connectivity index (χ2n) is 16.2. The fourth-order valence-corrected chi connectivity index (χ4v) is 7.88. The minimum atomic E-state index is -0.335. The van der Waals surface area contributed by atoms with Gasteiger partial charge in [-0.25, -0.2) is 14.9 Å². The molecule has 2 aliphatic carbocycles. The van der Waals surface area contributed by atoms with Gasteiger partial charge < -0.3 is 19.3 Å². The Morgan fingerprint density at radius 2 is 1.07 bits per heavy atom. The molecule has 5 aliphatic rings. The fourth-order valence-electron chi connectivity index (χ4n) is 7.88. The van der Waals surface area contributed by atoms with E-state index in [9.17, 15) is 9.59 Å². The number of carbonyl (C=O) groups is 2. The average molecular weight is 802 g/mol. The Morgan fingerprint density at radius 3 is 1.50 bits per heavy atom. The molecule has 2 amide bonds. The van der Waals surface area contributed by atoms with E-state index in [2.05, 4.69) is 59.1 Å². The van der Waals surface area contributed by atoms with Crippen LogP contribution in [0.3, 0.4) is 0 Å². The number of rotatable bonds is 6. The van der Waals surface area contributed by atoms with E-state index in [4.69, 9.17) is 29.3 Å². The molecule has 0 bridgehead atoms. The molecule has 4 aromatic carbocycles. The number of aliphatic hydroxyl groups is 1. The molecule has 1 N–H and O–H groups in total. The van der Waals surface area contributed by atoms with Gasteiger partial charge in [0.1, 0.15) is 35.1 Å². The van der Waals surface area contributed by atoms with E-state index in [-0.39, 0.29) is 43.7 Å². The van der Waals surface area contributed by atoms with Gasteiger partial charge in [-0.1, -0.05) is 69.1 Å². The molecule has 0 saturated heterocycles. The molecule has 9 rings (SSSR count). The molecular weight excluding hydrogens is 751 g/mol. The van der Waals surface area contributed by atoms with Crippen molar-refractivity contribution < 1.29 is 28.9 Å². The molecule has 0 aromatic heterocycles. The molecule has 9 heteroatoms. The maximum absolute atomic E-state index is 11.9. The van der Waals surface area contributed by atoms with Crippen LogP contribution in [0.5, 0.6) is 5.75 Å². The molecule has 0 radical (unpaired) electrons. The van der Waals surface area contributed by atoms with E-state index in [1.54, 1.807) is 12.1 Å². The molecule has 9 nitrogen and oxygen atoms in total. The van der Waals surface area contributed by atoms with Gasteiger partial charge in [-0.3, -0.25) is 9.59 Å². The molecule has 0 unspecified atom stereocenters. The third-order valence-electron chi connectivity index (χ3n) is 11.0. The molecule has 4 aromatic rings. The Bertz CT molecular complexity index is 2530. The summed E-state index contributed by atoms with van der Waals surface area (Å²) in [4.78, 5) is 34.8. The van der Waals surface area contributed by atoms with Crippen molar-refractivity contribution in [3.8, 4) is 5.75 Å². The monoisotopic (exact) mass is 801 g/mol. The number of anilines is 1. The first-order valence-electron chi connectivity index (χ1n) is 19.9. The first-order chi connectivity index (χ1) is 28.3. The lowest BCUT2D eigenvalue weighted by atomic mass is 9.80. The second kappa shape index (κ2) is 16.6. The first-order valence-corrected chi connectivity index (χ1v) is 19.9. The van der Waals surface area contributed by atoms with Crippen molar-refractivity contribution in [1.29, 1.82) is 0 Å². The summed E-state index contributed by atoms with van der Waals surface area (Å²) in [7, 11) is 0. The predicted molar refractivity (Wildman–Crippen MR) is 240 cm³/mol. The van der Waals surface area contributed by atoms with Crippen LogP contribution >= 0.6 is 0 Å². The van der Waals surface area contributed by atoms with E-state index < -0.39 is 0 Å². The summed E-state index contributed by atoms with van der Waals surface area (Å²) in [6.07, 6.45) is 6.25. The van der Waals surface area contributed by atoms with E-state index in [0.29, 0.717) is 11.4 Å². The number of fused-ring (bicyclic) bond motifs is 4. The molecule has 3 heterocycles. The minimum Gasteiger partial charge on any atom is -0.491 e. The highest BCUT2D eigenvalue weighted by Gasteiger charge is 2.37. The molecule has 0 atom stereocenters. The number of aliphatic imine (C=N–C) groups is 2. The third kappa shape index (κ3) is 8.18. The number of hydrogen-bond acceptors (Lipinski definition) is 8. The van der Waals surface area contributed by atoms with Crippen molar-refractivity contribution in [2.45, 2.75) is 72.0 Å². The highest BCUT2D eigenvalue weighted by atomic mass is 16.5. The lowest BCUT2D eigenvalue weighted by Gasteiger charge is -2.38. The SMILES string of the molecule is C.C=C1C(=Nc2ccc(N3C(=O)C=CC3=O)cc2)c2ccccc2C2=C1CCC(C)(C)O2.C=C1C(=Nc2ccc(OCCO)cc2)c2ccccc2C2=C1CCC(C)(C)O2. The van der Waals surface area contributed by atoms with Gasteiger partial charge in [0.05, 0.1) is 35.1 Å². The standard InChI is InChI=1S/C26H22N2O3.C24H25NO3.CH4/c1-16-19-14-15-26(2,3)31-25(19)21-7-5-4-6-20(21)24(16)27-17-8-10-18(11-9-17)28-22(29)12-13-23(28)30;1-16-19-12-13-24(2,3)28-23(19)21-7-5-4-6-20(21)22(16)25-17-8-10-18(11-9-17)27-15-14-26;/h4-13H,1,14-15H2,2-3H3;4-11,26H,1,12-15H2,2-3H3;1H4. The summed E-state index contributed by atoms with van der Waals surface area (Å²) < 4.78 is 18.1. The number of amides is 2. The van der Waals surface area contributed by atoms with Crippen LogP contribution in [0, 0.1) is 0 Å². The van der Waals surface area contributed by atoms with Crippen molar-refractivity contribution in [2.75, 3.05) is 18.1 Å². The molecular formula is C51H51N3O6. The summed E-state index contributed by atoms with van der Waals surface area (Å²) >= 11 is 0. The van der Waals surface area contributed by atoms with Gasteiger partial charge in [0.25, 0.3) is 11.8 Å². The predicted octanol–water partition coefficient (Wildman–Crippen LogP) is 10.8. The van der Waals surface area contributed by atoms with Gasteiger partial charge in [-0.15, -0.1) is 0 Å². The number of allylic oxidation sites excluding steroid dienone is 4. The molecule has 306 valence electrons. The normalized spacial score (nSPS) is 19.6. The zero-order valence-corrected chi connectivity index (χ0v) is 33.9. The Morgan fingerprint density at radius 1 is 0.650 bits per heavy atom. The average Bonchev–Trinajstić information content (AvgIpc) is 3.57. The molecule has 3 aliphatic heterocycles. The van der Waals surface area contributed by atoms with Crippen molar-refractivity contribution in [3.63, 3.8) is 0 Å². The van der Waals surface area contributed by atoms with Crippen LogP contribution < -0.4 is 9.64 Å². The lowest BCUT2D eigenvalue weighted by molar-refractivity contribution is -0.120. The van der Waals surface area contributed by atoms with Crippen LogP contribution in [0.4, 0.5) is 17.1 Å². The van der Waals surface area contributed by atoms with Crippen molar-refractivity contribution in [1.82, 2.24) is 0 Å². The Labute approximate surface area is 352 Å². The quantitative estimate of drug-likeness (QED) is 0.194. The molecule has 0 spiro atoms. The van der Waals surface area contributed by atoms with Gasteiger partial charge in [0.15, 0.2) is 0 Å². The van der Waals surface area contributed by atoms with Gasteiger partial charge in [-0.2, -0.15) is 0 Å². The lowest BCUT2D eigenvalue weighted by Crippen LogP contribution is -2.31. The summed E-state index contributed by atoms with van der Waals surface area (Å²) in [6.45, 7) is 17.5. The first kappa shape index (κ1) is 41.6. The zero-order valence-electron chi connectivity index (χ0n) is 33.9. The van der Waals surface area contributed by atoms with Gasteiger partial charge in [0, 0.05) is 56.7 Å². The summed E-state index contributed by atoms with van der Waals surface area (Å²) in [6, 6.07) is 31.0. The molecule has 0 saturated carbocycles. The van der Waals surface area contributed by atoms with Gasteiger partial charge in [0.2, 0.25) is 0 Å². The van der Waals surface area contributed by atoms with Crippen LogP contribution in [0.15, 0.2) is 155 Å². The smallest absolute Gasteiger partial charge is 0.258 e. The Hall–Kier alpha value is -6.58. The van der Waals surface area contributed by atoms with Crippen LogP contribution in [-0.2, 0) is 19.1 Å². The zero-order chi connectivity index (χ0) is 41.5. The van der Waals surface area contributed by atoms with Crippen molar-refractivity contribution >= 4 is 51.8 Å². The van der Waals surface area contributed by atoms with Gasteiger partial charge in [-0.05, 0) is 102 Å². The number of aliphatic hydroxyl groups excluding tert-OH is 1. The largest absolute Gasteiger partial charge is 0.491 e. The summed E-state index contributed by atoms with van der Waals surface area (Å²) in [5, 5.41) is 8.88. The summed E-state index contributed by atoms with van der Waals surface area (Å²) in [5.74, 6) is 1.90. The highest BCUT2D eigenvalue weighted by molar-refractivity contribution is 6.28. The van der Waals surface area contributed by atoms with E-state index in [1.165, 1.54) is 12.2 Å². The van der Waals surface area contributed by atoms with Crippen LogP contribution in [-0.4, -0.2) is 52.8 Å². The Kier molecular flexibility index (Phi) is 11.5. The number of nitrogens with zero attached hydrogens (tertiary/aromatic N) is 3. The third-order valence-corrected chi connectivity index (χ3v) is 11.0. The minimum absolute atomic E-state index is 0. The van der Waals surface area contributed by atoms with Crippen LogP contribution in [0.25, 0.3) is 11.5 Å². The highest BCUT2D eigenvalue weighted by Crippen LogP contribution is 2.46. The van der Waals surface area contributed by atoms with E-state index in [1.807, 2.05) is 66.7 Å². The number of ether oxygens (including phenoxy) is 3. The Balaban J connectivity index is 0.000000179.